The Balaban J connectivity index is 1.68. The van der Waals surface area contributed by atoms with Gasteiger partial charge in [0.05, 0.1) is 12.6 Å². The van der Waals surface area contributed by atoms with E-state index in [1.807, 2.05) is 19.1 Å². The van der Waals surface area contributed by atoms with Gasteiger partial charge < -0.3 is 5.11 Å². The lowest BCUT2D eigenvalue weighted by atomic mass is 9.88. The first-order valence-electron chi connectivity index (χ1n) is 7.09. The third kappa shape index (κ3) is 3.01. The average Bonchev–Trinajstić information content (AvgIpc) is 2.90. The van der Waals surface area contributed by atoms with Crippen LogP contribution in [0, 0.1) is 12.8 Å². The number of aliphatic hydroxyl groups excluding tert-OH is 1. The molecule has 106 valence electrons. The van der Waals surface area contributed by atoms with Crippen molar-refractivity contribution in [2.24, 2.45) is 5.92 Å². The first kappa shape index (κ1) is 13.2. The van der Waals surface area contributed by atoms with Crippen molar-refractivity contribution in [1.29, 1.82) is 0 Å². The monoisotopic (exact) mass is 273 g/mol. The number of pyridine rings is 1. The molecule has 20 heavy (non-hydrogen) atoms. The predicted octanol–water partition coefficient (Wildman–Crippen LogP) is 1.59. The van der Waals surface area contributed by atoms with Crippen LogP contribution in [0.4, 0.5) is 0 Å². The van der Waals surface area contributed by atoms with Gasteiger partial charge in [-0.3, -0.25) is 4.98 Å². The summed E-state index contributed by atoms with van der Waals surface area (Å²) in [6.07, 6.45) is 5.48. The second kappa shape index (κ2) is 5.66. The summed E-state index contributed by atoms with van der Waals surface area (Å²) in [6, 6.07) is 3.85. The number of rotatable bonds is 3. The Hall–Kier alpha value is -1.82. The van der Waals surface area contributed by atoms with Crippen LogP contribution in [-0.4, -0.2) is 36.4 Å². The zero-order valence-electron chi connectivity index (χ0n) is 11.6. The number of tetrazole rings is 1. The van der Waals surface area contributed by atoms with Crippen molar-refractivity contribution in [2.45, 2.75) is 45.3 Å². The van der Waals surface area contributed by atoms with Gasteiger partial charge in [0.15, 0.2) is 0 Å². The maximum Gasteiger partial charge on any atom is 0.205 e. The molecule has 0 spiro atoms. The molecule has 6 heteroatoms. The zero-order chi connectivity index (χ0) is 13.9. The van der Waals surface area contributed by atoms with E-state index in [0.717, 1.165) is 43.5 Å². The summed E-state index contributed by atoms with van der Waals surface area (Å²) in [7, 11) is 0. The molecule has 0 radical (unpaired) electrons. The molecule has 0 unspecified atom stereocenters. The van der Waals surface area contributed by atoms with E-state index >= 15 is 0 Å². The summed E-state index contributed by atoms with van der Waals surface area (Å²) in [5.74, 6) is 1.19. The number of aromatic nitrogens is 5. The summed E-state index contributed by atoms with van der Waals surface area (Å²) in [6.45, 7) is 2.73. The Morgan fingerprint density at radius 2 is 2.10 bits per heavy atom. The number of hydrogen-bond donors (Lipinski definition) is 1. The molecule has 2 aromatic rings. The lowest BCUT2D eigenvalue weighted by Crippen LogP contribution is -2.22. The van der Waals surface area contributed by atoms with E-state index < -0.39 is 0 Å². The van der Waals surface area contributed by atoms with Gasteiger partial charge in [-0.15, -0.1) is 10.2 Å². The van der Waals surface area contributed by atoms with Crippen molar-refractivity contribution in [2.75, 3.05) is 0 Å². The van der Waals surface area contributed by atoms with E-state index in [2.05, 4.69) is 20.4 Å². The van der Waals surface area contributed by atoms with Crippen LogP contribution in [0.15, 0.2) is 18.3 Å². The summed E-state index contributed by atoms with van der Waals surface area (Å²) >= 11 is 0. The first-order chi connectivity index (χ1) is 9.70. The van der Waals surface area contributed by atoms with Crippen LogP contribution < -0.4 is 0 Å². The topological polar surface area (TPSA) is 76.7 Å². The smallest absolute Gasteiger partial charge is 0.205 e. The van der Waals surface area contributed by atoms with Gasteiger partial charge in [-0.1, -0.05) is 0 Å². The number of nitrogens with zero attached hydrogens (tertiary/aromatic N) is 5. The van der Waals surface area contributed by atoms with Crippen molar-refractivity contribution < 1.29 is 5.11 Å². The molecule has 1 aliphatic carbocycles. The highest BCUT2D eigenvalue weighted by molar-refractivity contribution is 5.53. The zero-order valence-corrected chi connectivity index (χ0v) is 11.6. The summed E-state index contributed by atoms with van der Waals surface area (Å²) in [4.78, 5) is 5.84. The first-order valence-corrected chi connectivity index (χ1v) is 7.09. The summed E-state index contributed by atoms with van der Waals surface area (Å²) < 4.78 is 0. The molecule has 0 aliphatic heterocycles. The van der Waals surface area contributed by atoms with Crippen LogP contribution in [0.25, 0.3) is 11.4 Å². The molecule has 3 rings (SSSR count). The number of aryl methyl sites for hydroxylation is 1. The van der Waals surface area contributed by atoms with Gasteiger partial charge in [-0.2, -0.15) is 4.80 Å². The van der Waals surface area contributed by atoms with Crippen LogP contribution in [0.5, 0.6) is 0 Å². The minimum absolute atomic E-state index is 0.120. The average molecular weight is 273 g/mol. The molecule has 2 heterocycles. The highest BCUT2D eigenvalue weighted by Gasteiger charge is 2.20. The minimum atomic E-state index is -0.120. The molecule has 1 N–H and O–H groups in total. The van der Waals surface area contributed by atoms with E-state index in [4.69, 9.17) is 0 Å². The summed E-state index contributed by atoms with van der Waals surface area (Å²) in [5, 5.41) is 22.2. The predicted molar refractivity (Wildman–Crippen MR) is 73.7 cm³/mol. The Kier molecular flexibility index (Phi) is 3.73. The quantitative estimate of drug-likeness (QED) is 0.919. The van der Waals surface area contributed by atoms with Crippen molar-refractivity contribution in [3.05, 3.63) is 24.0 Å². The molecular weight excluding hydrogens is 254 g/mol. The second-order valence-corrected chi connectivity index (χ2v) is 5.53. The number of hydrogen-bond acceptors (Lipinski definition) is 5. The van der Waals surface area contributed by atoms with E-state index in [-0.39, 0.29) is 6.10 Å². The lowest BCUT2D eigenvalue weighted by Gasteiger charge is -2.24. The van der Waals surface area contributed by atoms with Gasteiger partial charge in [0.1, 0.15) is 0 Å². The molecule has 0 saturated heterocycles. The molecule has 0 bridgehead atoms. The molecule has 0 amide bonds. The Labute approximate surface area is 117 Å². The molecule has 2 aromatic heterocycles. The van der Waals surface area contributed by atoms with Crippen molar-refractivity contribution in [3.63, 3.8) is 0 Å². The normalized spacial score (nSPS) is 22.9. The van der Waals surface area contributed by atoms with E-state index in [1.54, 1.807) is 11.0 Å². The SMILES string of the molecule is Cc1cc(-c2nnn(C[C@H]3CC[C@@H](O)CC3)n2)ccn1. The molecule has 1 saturated carbocycles. The van der Waals surface area contributed by atoms with Crippen molar-refractivity contribution >= 4 is 0 Å². The van der Waals surface area contributed by atoms with Gasteiger partial charge in [0, 0.05) is 17.5 Å². The van der Waals surface area contributed by atoms with Gasteiger partial charge in [0.25, 0.3) is 0 Å². The van der Waals surface area contributed by atoms with E-state index in [1.165, 1.54) is 0 Å². The van der Waals surface area contributed by atoms with E-state index in [0.29, 0.717) is 11.7 Å². The highest BCUT2D eigenvalue weighted by atomic mass is 16.3. The van der Waals surface area contributed by atoms with E-state index in [9.17, 15) is 5.11 Å². The lowest BCUT2D eigenvalue weighted by molar-refractivity contribution is 0.101. The van der Waals surface area contributed by atoms with Crippen molar-refractivity contribution in [3.8, 4) is 11.4 Å². The Morgan fingerprint density at radius 1 is 1.30 bits per heavy atom. The van der Waals surface area contributed by atoms with Crippen LogP contribution >= 0.6 is 0 Å². The minimum Gasteiger partial charge on any atom is -0.393 e. The fraction of sp³-hybridized carbons (Fsp3) is 0.571. The molecule has 0 atom stereocenters. The van der Waals surface area contributed by atoms with Crippen LogP contribution in [0.2, 0.25) is 0 Å². The van der Waals surface area contributed by atoms with Gasteiger partial charge in [-0.05, 0) is 55.9 Å². The summed E-state index contributed by atoms with van der Waals surface area (Å²) in [5.41, 5.74) is 1.89. The van der Waals surface area contributed by atoms with Crippen LogP contribution in [0.3, 0.4) is 0 Å². The van der Waals surface area contributed by atoms with Crippen LogP contribution in [0.1, 0.15) is 31.4 Å². The standard InChI is InChI=1S/C14H19N5O/c1-10-8-12(6-7-15-10)14-16-18-19(17-14)9-11-2-4-13(20)5-3-11/h6-8,11,13,20H,2-5,9H2,1H3/t11-,13+. The fourth-order valence-electron chi connectivity index (χ4n) is 2.68. The maximum atomic E-state index is 9.52. The molecule has 6 nitrogen and oxygen atoms in total. The fourth-order valence-corrected chi connectivity index (χ4v) is 2.68. The third-order valence-electron chi connectivity index (χ3n) is 3.85. The second-order valence-electron chi connectivity index (χ2n) is 5.53. The largest absolute Gasteiger partial charge is 0.393 e. The van der Waals surface area contributed by atoms with Gasteiger partial charge in [-0.25, -0.2) is 0 Å². The highest BCUT2D eigenvalue weighted by Crippen LogP contribution is 2.25. The number of aliphatic hydroxyl groups is 1. The molecule has 0 aromatic carbocycles. The maximum absolute atomic E-state index is 9.52. The molecule has 1 fully saturated rings. The third-order valence-corrected chi connectivity index (χ3v) is 3.85. The molecular formula is C14H19N5O. The Morgan fingerprint density at radius 3 is 2.85 bits per heavy atom. The van der Waals surface area contributed by atoms with Crippen molar-refractivity contribution in [1.82, 2.24) is 25.2 Å². The molecule has 1 aliphatic rings. The van der Waals surface area contributed by atoms with Gasteiger partial charge >= 0.3 is 0 Å². The van der Waals surface area contributed by atoms with Gasteiger partial charge in [0.2, 0.25) is 5.82 Å². The van der Waals surface area contributed by atoms with Crippen LogP contribution in [-0.2, 0) is 6.54 Å². The Bertz CT molecular complexity index is 574.